The van der Waals surface area contributed by atoms with Crippen LogP contribution in [0.5, 0.6) is 0 Å². The normalized spacial score (nSPS) is 10.9. The Bertz CT molecular complexity index is 575. The molecule has 0 fully saturated rings. The fourth-order valence-corrected chi connectivity index (χ4v) is 1.96. The number of nitrogens with zero attached hydrogens (tertiary/aromatic N) is 4. The molecule has 6 heteroatoms. The first-order valence-corrected chi connectivity index (χ1v) is 6.66. The minimum Gasteiger partial charge on any atom is -0.481 e. The Morgan fingerprint density at radius 3 is 2.60 bits per heavy atom. The van der Waals surface area contributed by atoms with E-state index in [0.717, 1.165) is 5.56 Å². The summed E-state index contributed by atoms with van der Waals surface area (Å²) in [4.78, 5) is 10.5. The van der Waals surface area contributed by atoms with Crippen molar-refractivity contribution < 1.29 is 9.90 Å². The van der Waals surface area contributed by atoms with Crippen LogP contribution in [0, 0.1) is 0 Å². The van der Waals surface area contributed by atoms with Crippen molar-refractivity contribution in [3.05, 3.63) is 29.8 Å². The van der Waals surface area contributed by atoms with Gasteiger partial charge in [0.2, 0.25) is 0 Å². The second-order valence-corrected chi connectivity index (χ2v) is 5.00. The van der Waals surface area contributed by atoms with Crippen LogP contribution in [0.25, 0.3) is 11.4 Å². The van der Waals surface area contributed by atoms with E-state index in [9.17, 15) is 4.79 Å². The van der Waals surface area contributed by atoms with Crippen LogP contribution in [0.2, 0.25) is 0 Å². The van der Waals surface area contributed by atoms with Crippen LogP contribution in [0.15, 0.2) is 24.3 Å². The molecule has 0 aliphatic carbocycles. The zero-order chi connectivity index (χ0) is 14.5. The monoisotopic (exact) mass is 274 g/mol. The van der Waals surface area contributed by atoms with Crippen LogP contribution >= 0.6 is 0 Å². The molecular weight excluding hydrogens is 256 g/mol. The maximum atomic E-state index is 10.5. The molecule has 1 heterocycles. The van der Waals surface area contributed by atoms with Gasteiger partial charge in [-0.2, -0.15) is 0 Å². The smallest absolute Gasteiger partial charge is 0.303 e. The van der Waals surface area contributed by atoms with Crippen LogP contribution < -0.4 is 0 Å². The number of carboxylic acids is 1. The Labute approximate surface area is 117 Å². The van der Waals surface area contributed by atoms with Gasteiger partial charge in [0.15, 0.2) is 5.82 Å². The summed E-state index contributed by atoms with van der Waals surface area (Å²) in [6.07, 6.45) is 0.628. The molecule has 0 saturated carbocycles. The molecule has 0 saturated heterocycles. The molecule has 0 atom stereocenters. The number of hydrogen-bond donors (Lipinski definition) is 1. The topological polar surface area (TPSA) is 80.9 Å². The number of aromatic nitrogens is 4. The number of rotatable bonds is 6. The van der Waals surface area contributed by atoms with Crippen molar-refractivity contribution >= 4 is 5.97 Å². The van der Waals surface area contributed by atoms with E-state index in [1.807, 2.05) is 12.1 Å². The molecule has 6 nitrogen and oxygen atoms in total. The van der Waals surface area contributed by atoms with Crippen molar-refractivity contribution in [2.45, 2.75) is 39.2 Å². The Hall–Kier alpha value is -2.24. The summed E-state index contributed by atoms with van der Waals surface area (Å²) in [5.74, 6) is 0.349. The largest absolute Gasteiger partial charge is 0.481 e. The highest BCUT2D eigenvalue weighted by molar-refractivity contribution is 5.66. The molecule has 0 spiro atoms. The van der Waals surface area contributed by atoms with Crippen molar-refractivity contribution in [1.82, 2.24) is 20.2 Å². The molecule has 0 aliphatic heterocycles. The van der Waals surface area contributed by atoms with Crippen molar-refractivity contribution in [2.24, 2.45) is 0 Å². The number of aliphatic carboxylic acids is 1. The van der Waals surface area contributed by atoms with Gasteiger partial charge in [0, 0.05) is 18.5 Å². The van der Waals surface area contributed by atoms with E-state index >= 15 is 0 Å². The first kappa shape index (κ1) is 14.2. The highest BCUT2D eigenvalue weighted by Gasteiger charge is 2.09. The highest BCUT2D eigenvalue weighted by atomic mass is 16.4. The molecule has 0 radical (unpaired) electrons. The van der Waals surface area contributed by atoms with Crippen LogP contribution in [0.3, 0.4) is 0 Å². The minimum absolute atomic E-state index is 0.117. The Balaban J connectivity index is 2.12. The van der Waals surface area contributed by atoms with Crippen molar-refractivity contribution in [3.8, 4) is 11.4 Å². The van der Waals surface area contributed by atoms with Crippen LogP contribution in [0.4, 0.5) is 0 Å². The van der Waals surface area contributed by atoms with Crippen molar-refractivity contribution in [1.29, 1.82) is 0 Å². The van der Waals surface area contributed by atoms with E-state index in [4.69, 9.17) is 5.11 Å². The second kappa shape index (κ2) is 6.27. The van der Waals surface area contributed by atoms with Crippen LogP contribution in [0.1, 0.15) is 38.2 Å². The van der Waals surface area contributed by atoms with Crippen molar-refractivity contribution in [2.75, 3.05) is 0 Å². The van der Waals surface area contributed by atoms with Gasteiger partial charge in [-0.15, -0.1) is 5.10 Å². The van der Waals surface area contributed by atoms with E-state index in [-0.39, 0.29) is 6.42 Å². The van der Waals surface area contributed by atoms with Gasteiger partial charge in [-0.05, 0) is 28.3 Å². The second-order valence-electron chi connectivity index (χ2n) is 5.00. The fraction of sp³-hybridized carbons (Fsp3) is 0.429. The predicted octanol–water partition coefficient (Wildman–Crippen LogP) is 2.33. The van der Waals surface area contributed by atoms with Gasteiger partial charge < -0.3 is 5.11 Å². The highest BCUT2D eigenvalue weighted by Crippen LogP contribution is 2.20. The van der Waals surface area contributed by atoms with Gasteiger partial charge in [-0.3, -0.25) is 4.79 Å². The van der Waals surface area contributed by atoms with Gasteiger partial charge in [0.05, 0.1) is 0 Å². The molecule has 0 amide bonds. The van der Waals surface area contributed by atoms with E-state index in [0.29, 0.717) is 24.7 Å². The third-order valence-electron chi connectivity index (χ3n) is 3.13. The van der Waals surface area contributed by atoms with Gasteiger partial charge in [-0.1, -0.05) is 38.1 Å². The van der Waals surface area contributed by atoms with Crippen LogP contribution in [-0.4, -0.2) is 31.3 Å². The van der Waals surface area contributed by atoms with Gasteiger partial charge >= 0.3 is 5.97 Å². The van der Waals surface area contributed by atoms with E-state index in [1.165, 1.54) is 5.56 Å². The lowest BCUT2D eigenvalue weighted by Gasteiger charge is -2.07. The molecule has 2 aromatic rings. The maximum absolute atomic E-state index is 10.5. The van der Waals surface area contributed by atoms with Gasteiger partial charge in [-0.25, -0.2) is 4.68 Å². The number of tetrazole rings is 1. The third kappa shape index (κ3) is 3.40. The fourth-order valence-electron chi connectivity index (χ4n) is 1.96. The molecule has 1 N–H and O–H groups in total. The molecule has 2 rings (SSSR count). The summed E-state index contributed by atoms with van der Waals surface area (Å²) in [5.41, 5.74) is 2.20. The summed E-state index contributed by atoms with van der Waals surface area (Å²) >= 11 is 0. The van der Waals surface area contributed by atoms with E-state index in [1.54, 1.807) is 4.68 Å². The standard InChI is InChI=1S/C14H18N4O2/c1-10(2)11-5-7-12(8-6-11)14-15-16-17-18(14)9-3-4-13(19)20/h5-8,10H,3-4,9H2,1-2H3,(H,19,20). The first-order valence-electron chi connectivity index (χ1n) is 6.66. The molecule has 1 aromatic carbocycles. The van der Waals surface area contributed by atoms with E-state index < -0.39 is 5.97 Å². The lowest BCUT2D eigenvalue weighted by Crippen LogP contribution is -2.05. The van der Waals surface area contributed by atoms with Crippen molar-refractivity contribution in [3.63, 3.8) is 0 Å². The summed E-state index contributed by atoms with van der Waals surface area (Å²) in [6, 6.07) is 8.12. The SMILES string of the molecule is CC(C)c1ccc(-c2nnnn2CCCC(=O)O)cc1. The average Bonchev–Trinajstić information content (AvgIpc) is 2.87. The van der Waals surface area contributed by atoms with E-state index in [2.05, 4.69) is 41.5 Å². The number of benzene rings is 1. The van der Waals surface area contributed by atoms with Gasteiger partial charge in [0.1, 0.15) is 0 Å². The number of aryl methyl sites for hydroxylation is 1. The Morgan fingerprint density at radius 2 is 2.00 bits per heavy atom. The first-order chi connectivity index (χ1) is 9.58. The zero-order valence-electron chi connectivity index (χ0n) is 11.7. The molecule has 0 bridgehead atoms. The zero-order valence-corrected chi connectivity index (χ0v) is 11.7. The summed E-state index contributed by atoms with van der Waals surface area (Å²) < 4.78 is 1.65. The molecule has 1 aromatic heterocycles. The molecular formula is C14H18N4O2. The van der Waals surface area contributed by atoms with Crippen LogP contribution in [-0.2, 0) is 11.3 Å². The number of hydrogen-bond acceptors (Lipinski definition) is 4. The maximum Gasteiger partial charge on any atom is 0.303 e. The summed E-state index contributed by atoms with van der Waals surface area (Å²) in [6.45, 7) is 4.79. The minimum atomic E-state index is -0.805. The Morgan fingerprint density at radius 1 is 1.30 bits per heavy atom. The molecule has 0 unspecified atom stereocenters. The third-order valence-corrected chi connectivity index (χ3v) is 3.13. The molecule has 20 heavy (non-hydrogen) atoms. The lowest BCUT2D eigenvalue weighted by atomic mass is 10.0. The Kier molecular flexibility index (Phi) is 4.45. The number of carbonyl (C=O) groups is 1. The molecule has 106 valence electrons. The predicted molar refractivity (Wildman–Crippen MR) is 74.2 cm³/mol. The number of carboxylic acid groups (broad SMARTS) is 1. The van der Waals surface area contributed by atoms with Gasteiger partial charge in [0.25, 0.3) is 0 Å². The molecule has 0 aliphatic rings. The quantitative estimate of drug-likeness (QED) is 0.874. The average molecular weight is 274 g/mol. The lowest BCUT2D eigenvalue weighted by molar-refractivity contribution is -0.137. The summed E-state index contributed by atoms with van der Waals surface area (Å²) in [5, 5.41) is 20.2. The summed E-state index contributed by atoms with van der Waals surface area (Å²) in [7, 11) is 0.